The van der Waals surface area contributed by atoms with E-state index in [-0.39, 0.29) is 6.10 Å². The summed E-state index contributed by atoms with van der Waals surface area (Å²) in [5.74, 6) is 0.412. The molecule has 2 unspecified atom stereocenters. The molecular formula is C15H21N3O. The third-order valence-electron chi connectivity index (χ3n) is 4.15. The van der Waals surface area contributed by atoms with Crippen LogP contribution < -0.4 is 5.32 Å². The molecule has 2 N–H and O–H groups in total. The number of benzene rings is 1. The Labute approximate surface area is 113 Å². The van der Waals surface area contributed by atoms with Gasteiger partial charge < -0.3 is 10.4 Å². The van der Waals surface area contributed by atoms with Gasteiger partial charge in [-0.2, -0.15) is 5.10 Å². The Bertz CT molecular complexity index is 564. The van der Waals surface area contributed by atoms with Gasteiger partial charge >= 0.3 is 0 Å². The molecule has 1 aromatic carbocycles. The van der Waals surface area contributed by atoms with E-state index in [0.29, 0.717) is 5.92 Å². The van der Waals surface area contributed by atoms with Crippen molar-refractivity contribution < 1.29 is 5.11 Å². The first-order chi connectivity index (χ1) is 9.25. The number of hydrogen-bond donors (Lipinski definition) is 2. The molecule has 4 nitrogen and oxygen atoms in total. The fraction of sp³-hybridized carbons (Fsp3) is 0.533. The maximum Gasteiger partial charge on any atom is 0.0841 e. The van der Waals surface area contributed by atoms with Crippen molar-refractivity contribution >= 4 is 10.9 Å². The summed E-state index contributed by atoms with van der Waals surface area (Å²) in [7, 11) is 1.98. The Morgan fingerprint density at radius 2 is 2.21 bits per heavy atom. The molecule has 19 heavy (non-hydrogen) atoms. The summed E-state index contributed by atoms with van der Waals surface area (Å²) in [5.41, 5.74) is 2.26. The zero-order valence-corrected chi connectivity index (χ0v) is 11.3. The summed E-state index contributed by atoms with van der Waals surface area (Å²) in [6, 6.07) is 8.29. The lowest BCUT2D eigenvalue weighted by molar-refractivity contribution is 0.131. The summed E-state index contributed by atoms with van der Waals surface area (Å²) in [6.07, 6.45) is 3.13. The Morgan fingerprint density at radius 3 is 3.00 bits per heavy atom. The van der Waals surface area contributed by atoms with Crippen LogP contribution in [0.3, 0.4) is 0 Å². The lowest BCUT2D eigenvalue weighted by Crippen LogP contribution is -2.27. The molecule has 0 radical (unpaired) electrons. The van der Waals surface area contributed by atoms with E-state index < -0.39 is 0 Å². The second-order valence-corrected chi connectivity index (χ2v) is 5.48. The van der Waals surface area contributed by atoms with Crippen molar-refractivity contribution in [2.75, 3.05) is 6.54 Å². The molecule has 2 atom stereocenters. The van der Waals surface area contributed by atoms with Gasteiger partial charge in [0.05, 0.1) is 17.3 Å². The molecule has 1 aliphatic rings. The second-order valence-electron chi connectivity index (χ2n) is 5.48. The fourth-order valence-corrected chi connectivity index (χ4v) is 3.05. The van der Waals surface area contributed by atoms with E-state index in [0.717, 1.165) is 38.0 Å². The van der Waals surface area contributed by atoms with Crippen LogP contribution >= 0.6 is 0 Å². The number of aliphatic hydroxyl groups is 1. The number of aryl methyl sites for hydroxylation is 1. The highest BCUT2D eigenvalue weighted by Crippen LogP contribution is 2.25. The van der Waals surface area contributed by atoms with Crippen molar-refractivity contribution in [3.63, 3.8) is 0 Å². The molecule has 1 fully saturated rings. The minimum absolute atomic E-state index is 0.118. The third kappa shape index (κ3) is 2.51. The highest BCUT2D eigenvalue weighted by atomic mass is 16.3. The van der Waals surface area contributed by atoms with Crippen LogP contribution in [0.15, 0.2) is 24.3 Å². The van der Waals surface area contributed by atoms with Gasteiger partial charge in [0.25, 0.3) is 0 Å². The maximum atomic E-state index is 9.80. The Balaban J connectivity index is 1.65. The van der Waals surface area contributed by atoms with Gasteiger partial charge in [0, 0.05) is 25.5 Å². The number of nitrogens with zero attached hydrogens (tertiary/aromatic N) is 2. The lowest BCUT2D eigenvalue weighted by atomic mass is 10.1. The van der Waals surface area contributed by atoms with Crippen LogP contribution in [-0.4, -0.2) is 27.5 Å². The van der Waals surface area contributed by atoms with Gasteiger partial charge in [0.2, 0.25) is 0 Å². The smallest absolute Gasteiger partial charge is 0.0841 e. The molecule has 1 heterocycles. The molecule has 0 aliphatic heterocycles. The number of para-hydroxylation sites is 1. The van der Waals surface area contributed by atoms with Crippen molar-refractivity contribution in [2.24, 2.45) is 13.0 Å². The highest BCUT2D eigenvalue weighted by Gasteiger charge is 2.24. The van der Waals surface area contributed by atoms with Crippen molar-refractivity contribution in [3.8, 4) is 0 Å². The van der Waals surface area contributed by atoms with Gasteiger partial charge in [-0.25, -0.2) is 0 Å². The first-order valence-electron chi connectivity index (χ1n) is 7.05. The van der Waals surface area contributed by atoms with Gasteiger partial charge in [-0.15, -0.1) is 0 Å². The number of rotatable bonds is 4. The zero-order chi connectivity index (χ0) is 13.2. The predicted octanol–water partition coefficient (Wildman–Crippen LogP) is 1.82. The third-order valence-corrected chi connectivity index (χ3v) is 4.15. The molecule has 4 heteroatoms. The standard InChI is InChI=1S/C15H21N3O/c1-18-14-7-3-2-6-12(14)13(17-18)10-16-9-11-5-4-8-15(11)19/h2-3,6-7,11,15-16,19H,4-5,8-10H2,1H3. The van der Waals surface area contributed by atoms with E-state index in [1.165, 1.54) is 10.9 Å². The van der Waals surface area contributed by atoms with Gasteiger partial charge in [-0.3, -0.25) is 4.68 Å². The lowest BCUT2D eigenvalue weighted by Gasteiger charge is -2.14. The van der Waals surface area contributed by atoms with E-state index in [1.54, 1.807) is 0 Å². The van der Waals surface area contributed by atoms with Gasteiger partial charge in [0.1, 0.15) is 0 Å². The number of aliphatic hydroxyl groups excluding tert-OH is 1. The number of hydrogen-bond acceptors (Lipinski definition) is 3. The number of fused-ring (bicyclic) bond motifs is 1. The van der Waals surface area contributed by atoms with Crippen LogP contribution in [-0.2, 0) is 13.6 Å². The molecule has 0 amide bonds. The molecule has 1 saturated carbocycles. The summed E-state index contributed by atoms with van der Waals surface area (Å²) in [4.78, 5) is 0. The highest BCUT2D eigenvalue weighted by molar-refractivity contribution is 5.81. The van der Waals surface area contributed by atoms with Crippen molar-refractivity contribution in [2.45, 2.75) is 31.9 Å². The van der Waals surface area contributed by atoms with E-state index in [4.69, 9.17) is 0 Å². The van der Waals surface area contributed by atoms with E-state index in [9.17, 15) is 5.11 Å². The summed E-state index contributed by atoms with van der Waals surface area (Å²) in [6.45, 7) is 1.65. The normalized spacial score (nSPS) is 23.3. The molecule has 1 aliphatic carbocycles. The van der Waals surface area contributed by atoms with Gasteiger partial charge in [0.15, 0.2) is 0 Å². The average Bonchev–Trinajstić information content (AvgIpc) is 2.96. The average molecular weight is 259 g/mol. The summed E-state index contributed by atoms with van der Waals surface area (Å²) >= 11 is 0. The number of nitrogens with one attached hydrogen (secondary N) is 1. The molecular weight excluding hydrogens is 238 g/mol. The Hall–Kier alpha value is -1.39. The Kier molecular flexibility index (Phi) is 3.53. The predicted molar refractivity (Wildman–Crippen MR) is 75.8 cm³/mol. The minimum atomic E-state index is -0.118. The van der Waals surface area contributed by atoms with Crippen LogP contribution in [0.1, 0.15) is 25.0 Å². The quantitative estimate of drug-likeness (QED) is 0.880. The molecule has 0 spiro atoms. The van der Waals surface area contributed by atoms with Crippen LogP contribution in [0, 0.1) is 5.92 Å². The Morgan fingerprint density at radius 1 is 1.37 bits per heavy atom. The van der Waals surface area contributed by atoms with Crippen LogP contribution in [0.2, 0.25) is 0 Å². The SMILES string of the molecule is Cn1nc(CNCC2CCCC2O)c2ccccc21. The minimum Gasteiger partial charge on any atom is -0.393 e. The summed E-state index contributed by atoms with van der Waals surface area (Å²) < 4.78 is 1.93. The van der Waals surface area contributed by atoms with Crippen molar-refractivity contribution in [1.82, 2.24) is 15.1 Å². The monoisotopic (exact) mass is 259 g/mol. The topological polar surface area (TPSA) is 50.1 Å². The molecule has 102 valence electrons. The van der Waals surface area contributed by atoms with E-state index in [1.807, 2.05) is 23.9 Å². The molecule has 3 rings (SSSR count). The van der Waals surface area contributed by atoms with E-state index in [2.05, 4.69) is 22.5 Å². The van der Waals surface area contributed by atoms with Gasteiger partial charge in [-0.05, 0) is 24.8 Å². The zero-order valence-electron chi connectivity index (χ0n) is 11.3. The van der Waals surface area contributed by atoms with Crippen LogP contribution in [0.4, 0.5) is 0 Å². The second kappa shape index (κ2) is 5.31. The first kappa shape index (κ1) is 12.6. The molecule has 2 aromatic rings. The molecule has 0 saturated heterocycles. The molecule has 1 aromatic heterocycles. The van der Waals surface area contributed by atoms with Gasteiger partial charge in [-0.1, -0.05) is 24.6 Å². The fourth-order valence-electron chi connectivity index (χ4n) is 3.05. The maximum absolute atomic E-state index is 9.80. The van der Waals surface area contributed by atoms with E-state index >= 15 is 0 Å². The number of aromatic nitrogens is 2. The van der Waals surface area contributed by atoms with Crippen LogP contribution in [0.5, 0.6) is 0 Å². The van der Waals surface area contributed by atoms with Crippen molar-refractivity contribution in [1.29, 1.82) is 0 Å². The first-order valence-corrected chi connectivity index (χ1v) is 7.05. The van der Waals surface area contributed by atoms with Crippen LogP contribution in [0.25, 0.3) is 10.9 Å². The largest absolute Gasteiger partial charge is 0.393 e. The summed E-state index contributed by atoms with van der Waals surface area (Å²) in [5, 5.41) is 19.0. The van der Waals surface area contributed by atoms with Crippen molar-refractivity contribution in [3.05, 3.63) is 30.0 Å². The molecule has 0 bridgehead atoms.